The second-order valence-electron chi connectivity index (χ2n) is 7.67. The quantitative estimate of drug-likeness (QED) is 0.730. The third-order valence-electron chi connectivity index (χ3n) is 4.24. The van der Waals surface area contributed by atoms with Crippen molar-refractivity contribution in [3.63, 3.8) is 0 Å². The molecule has 6 heteroatoms. The lowest BCUT2D eigenvalue weighted by molar-refractivity contribution is -0.123. The molecule has 0 aliphatic rings. The number of furan rings is 1. The molecule has 0 unspecified atom stereocenters. The van der Waals surface area contributed by atoms with Crippen LogP contribution in [-0.4, -0.2) is 40.3 Å². The number of fused-ring (bicyclic) bond motifs is 1. The second kappa shape index (κ2) is 7.84. The molecule has 2 aromatic heterocycles. The number of benzene rings is 1. The Morgan fingerprint density at radius 3 is 2.54 bits per heavy atom. The van der Waals surface area contributed by atoms with Gasteiger partial charge in [0.15, 0.2) is 5.76 Å². The van der Waals surface area contributed by atoms with Gasteiger partial charge in [-0.05, 0) is 52.0 Å². The molecular formula is C22H25N3O3. The molecule has 0 saturated carbocycles. The van der Waals surface area contributed by atoms with Gasteiger partial charge in [0.25, 0.3) is 5.91 Å². The van der Waals surface area contributed by atoms with E-state index in [-0.39, 0.29) is 23.9 Å². The van der Waals surface area contributed by atoms with E-state index in [0.29, 0.717) is 29.1 Å². The molecule has 0 spiro atoms. The molecule has 0 fully saturated rings. The molecule has 0 aliphatic carbocycles. The van der Waals surface area contributed by atoms with Gasteiger partial charge in [-0.3, -0.25) is 9.59 Å². The lowest BCUT2D eigenvalue weighted by atomic mass is 10.1. The number of carbonyl (C=O) groups excluding carboxylic acids is 2. The SMILES string of the molecule is CCN(CC(=O)NC(C)(C)C)C(=O)c1cc(-c2ccco2)nc2ccccc12. The maximum Gasteiger partial charge on any atom is 0.255 e. The Morgan fingerprint density at radius 2 is 1.89 bits per heavy atom. The maximum atomic E-state index is 13.3. The normalized spacial score (nSPS) is 11.4. The zero-order chi connectivity index (χ0) is 20.3. The van der Waals surface area contributed by atoms with Crippen molar-refractivity contribution < 1.29 is 14.0 Å². The predicted molar refractivity (Wildman–Crippen MR) is 109 cm³/mol. The van der Waals surface area contributed by atoms with Crippen LogP contribution in [0, 0.1) is 0 Å². The van der Waals surface area contributed by atoms with E-state index in [2.05, 4.69) is 10.3 Å². The topological polar surface area (TPSA) is 75.4 Å². The van der Waals surface area contributed by atoms with E-state index < -0.39 is 0 Å². The first-order valence-electron chi connectivity index (χ1n) is 9.32. The summed E-state index contributed by atoms with van der Waals surface area (Å²) in [5, 5.41) is 3.65. The number of hydrogen-bond donors (Lipinski definition) is 1. The summed E-state index contributed by atoms with van der Waals surface area (Å²) in [5.74, 6) is 0.193. The van der Waals surface area contributed by atoms with Crippen molar-refractivity contribution in [2.24, 2.45) is 0 Å². The fraction of sp³-hybridized carbons (Fsp3) is 0.318. The number of para-hydroxylation sites is 1. The molecule has 0 radical (unpaired) electrons. The first-order chi connectivity index (χ1) is 13.3. The minimum absolute atomic E-state index is 0.000656. The molecule has 0 saturated heterocycles. The van der Waals surface area contributed by atoms with E-state index in [9.17, 15) is 9.59 Å². The number of nitrogens with zero attached hydrogens (tertiary/aromatic N) is 2. The highest BCUT2D eigenvalue weighted by Crippen LogP contribution is 2.26. The molecular weight excluding hydrogens is 354 g/mol. The van der Waals surface area contributed by atoms with Crippen molar-refractivity contribution in [2.45, 2.75) is 33.2 Å². The zero-order valence-electron chi connectivity index (χ0n) is 16.7. The van der Waals surface area contributed by atoms with Gasteiger partial charge in [0.2, 0.25) is 5.91 Å². The van der Waals surface area contributed by atoms with Gasteiger partial charge in [0.1, 0.15) is 5.69 Å². The molecule has 1 aromatic carbocycles. The average molecular weight is 379 g/mol. The molecule has 0 bridgehead atoms. The van der Waals surface area contributed by atoms with E-state index in [1.807, 2.05) is 52.0 Å². The van der Waals surface area contributed by atoms with Crippen LogP contribution in [0.2, 0.25) is 0 Å². The Balaban J connectivity index is 1.98. The van der Waals surface area contributed by atoms with E-state index in [0.717, 1.165) is 5.39 Å². The number of likely N-dealkylation sites (N-methyl/N-ethyl adjacent to an activating group) is 1. The summed E-state index contributed by atoms with van der Waals surface area (Å²) in [6.07, 6.45) is 1.57. The summed E-state index contributed by atoms with van der Waals surface area (Å²) in [6.45, 7) is 8.01. The number of hydrogen-bond acceptors (Lipinski definition) is 4. The summed E-state index contributed by atoms with van der Waals surface area (Å²) < 4.78 is 5.46. The highest BCUT2D eigenvalue weighted by Gasteiger charge is 2.23. The van der Waals surface area contributed by atoms with Crippen LogP contribution in [0.25, 0.3) is 22.4 Å². The molecule has 0 aliphatic heterocycles. The number of pyridine rings is 1. The molecule has 3 aromatic rings. The van der Waals surface area contributed by atoms with Gasteiger partial charge in [-0.2, -0.15) is 0 Å². The molecule has 2 heterocycles. The number of amides is 2. The second-order valence-corrected chi connectivity index (χ2v) is 7.67. The zero-order valence-corrected chi connectivity index (χ0v) is 16.7. The Morgan fingerprint density at radius 1 is 1.14 bits per heavy atom. The van der Waals surface area contributed by atoms with Crippen molar-refractivity contribution in [1.82, 2.24) is 15.2 Å². The van der Waals surface area contributed by atoms with E-state index in [1.165, 1.54) is 4.90 Å². The van der Waals surface area contributed by atoms with E-state index in [4.69, 9.17) is 4.42 Å². The van der Waals surface area contributed by atoms with Crippen molar-refractivity contribution >= 4 is 22.7 Å². The summed E-state index contributed by atoms with van der Waals surface area (Å²) in [5.41, 5.74) is 1.44. The van der Waals surface area contributed by atoms with Crippen LogP contribution in [-0.2, 0) is 4.79 Å². The molecule has 146 valence electrons. The van der Waals surface area contributed by atoms with Gasteiger partial charge in [-0.15, -0.1) is 0 Å². The lowest BCUT2D eigenvalue weighted by Crippen LogP contribution is -2.47. The van der Waals surface area contributed by atoms with Crippen molar-refractivity contribution in [3.05, 3.63) is 54.3 Å². The predicted octanol–water partition coefficient (Wildman–Crippen LogP) is 3.87. The van der Waals surface area contributed by atoms with Crippen LogP contribution < -0.4 is 5.32 Å². The van der Waals surface area contributed by atoms with E-state index in [1.54, 1.807) is 24.5 Å². The van der Waals surface area contributed by atoms with Crippen molar-refractivity contribution in [3.8, 4) is 11.5 Å². The summed E-state index contributed by atoms with van der Waals surface area (Å²) in [6, 6.07) is 12.8. The monoisotopic (exact) mass is 379 g/mol. The highest BCUT2D eigenvalue weighted by molar-refractivity contribution is 6.07. The van der Waals surface area contributed by atoms with Crippen LogP contribution in [0.4, 0.5) is 0 Å². The summed E-state index contributed by atoms with van der Waals surface area (Å²) in [4.78, 5) is 31.8. The largest absolute Gasteiger partial charge is 0.463 e. The molecule has 1 N–H and O–H groups in total. The molecule has 2 amide bonds. The standard InChI is InChI=1S/C22H25N3O3/c1-5-25(14-20(26)24-22(2,3)4)21(27)16-13-18(19-11-8-12-28-19)23-17-10-7-6-9-15(16)17/h6-13H,5,14H2,1-4H3,(H,24,26). The maximum absolute atomic E-state index is 13.3. The third-order valence-corrected chi connectivity index (χ3v) is 4.24. The van der Waals surface area contributed by atoms with Crippen molar-refractivity contribution in [2.75, 3.05) is 13.1 Å². The summed E-state index contributed by atoms with van der Waals surface area (Å²) in [7, 11) is 0. The fourth-order valence-corrected chi connectivity index (χ4v) is 3.03. The Kier molecular flexibility index (Phi) is 5.49. The number of carbonyl (C=O) groups is 2. The van der Waals surface area contributed by atoms with Gasteiger partial charge in [0, 0.05) is 17.5 Å². The number of nitrogens with one attached hydrogen (secondary N) is 1. The van der Waals surface area contributed by atoms with Crippen LogP contribution >= 0.6 is 0 Å². The minimum atomic E-state index is -0.352. The van der Waals surface area contributed by atoms with Gasteiger partial charge >= 0.3 is 0 Å². The van der Waals surface area contributed by atoms with Crippen molar-refractivity contribution in [1.29, 1.82) is 0 Å². The third kappa shape index (κ3) is 4.39. The Hall–Kier alpha value is -3.15. The Labute approximate surface area is 164 Å². The molecule has 28 heavy (non-hydrogen) atoms. The lowest BCUT2D eigenvalue weighted by Gasteiger charge is -2.25. The summed E-state index contributed by atoms with van der Waals surface area (Å²) >= 11 is 0. The molecule has 3 rings (SSSR count). The fourth-order valence-electron chi connectivity index (χ4n) is 3.03. The molecule has 0 atom stereocenters. The van der Waals surface area contributed by atoms with Crippen LogP contribution in [0.3, 0.4) is 0 Å². The minimum Gasteiger partial charge on any atom is -0.463 e. The number of aromatic nitrogens is 1. The van der Waals surface area contributed by atoms with E-state index >= 15 is 0 Å². The first kappa shape index (κ1) is 19.6. The first-order valence-corrected chi connectivity index (χ1v) is 9.32. The van der Waals surface area contributed by atoms with Gasteiger partial charge in [0.05, 0.1) is 23.9 Å². The number of rotatable bonds is 5. The van der Waals surface area contributed by atoms with Crippen LogP contribution in [0.15, 0.2) is 53.1 Å². The smallest absolute Gasteiger partial charge is 0.255 e. The average Bonchev–Trinajstić information content (AvgIpc) is 3.18. The van der Waals surface area contributed by atoms with Crippen LogP contribution in [0.1, 0.15) is 38.1 Å². The van der Waals surface area contributed by atoms with Gasteiger partial charge in [-0.1, -0.05) is 18.2 Å². The van der Waals surface area contributed by atoms with Crippen LogP contribution in [0.5, 0.6) is 0 Å². The van der Waals surface area contributed by atoms with Gasteiger partial charge in [-0.25, -0.2) is 4.98 Å². The Bertz CT molecular complexity index is 988. The van der Waals surface area contributed by atoms with Gasteiger partial charge < -0.3 is 14.6 Å². The molecule has 6 nitrogen and oxygen atoms in total. The highest BCUT2D eigenvalue weighted by atomic mass is 16.3.